The Morgan fingerprint density at radius 2 is 1.95 bits per heavy atom. The van der Waals surface area contributed by atoms with Crippen molar-refractivity contribution in [3.05, 3.63) is 35.9 Å². The average Bonchev–Trinajstić information content (AvgIpc) is 2.89. The van der Waals surface area contributed by atoms with E-state index in [4.69, 9.17) is 0 Å². The van der Waals surface area contributed by atoms with Gasteiger partial charge in [0.1, 0.15) is 0 Å². The van der Waals surface area contributed by atoms with Gasteiger partial charge in [-0.05, 0) is 31.4 Å². The number of aliphatic hydroxyl groups is 1. The molecule has 1 aliphatic rings. The second kappa shape index (κ2) is 7.08. The molecule has 22 heavy (non-hydrogen) atoms. The highest BCUT2D eigenvalue weighted by atomic mass is 32.2. The summed E-state index contributed by atoms with van der Waals surface area (Å²) < 4.78 is 25.2. The molecule has 0 spiro atoms. The molecule has 0 amide bonds. The van der Waals surface area contributed by atoms with Crippen molar-refractivity contribution < 1.29 is 13.5 Å². The van der Waals surface area contributed by atoms with Crippen molar-refractivity contribution in [1.29, 1.82) is 0 Å². The van der Waals surface area contributed by atoms with Gasteiger partial charge in [0.05, 0.1) is 12.4 Å². The summed E-state index contributed by atoms with van der Waals surface area (Å²) in [4.78, 5) is 2.15. The zero-order chi connectivity index (χ0) is 16.2. The summed E-state index contributed by atoms with van der Waals surface area (Å²) in [6.07, 6.45) is 2.65. The molecule has 5 nitrogen and oxygen atoms in total. The number of aliphatic hydroxyl groups excluding tert-OH is 1. The van der Waals surface area contributed by atoms with Gasteiger partial charge in [0, 0.05) is 26.2 Å². The Bertz CT molecular complexity index is 574. The van der Waals surface area contributed by atoms with Crippen molar-refractivity contribution in [2.24, 2.45) is 0 Å². The number of benzene rings is 1. The predicted octanol–water partition coefficient (Wildman–Crippen LogP) is 0.947. The molecule has 0 aromatic heterocycles. The van der Waals surface area contributed by atoms with Gasteiger partial charge in [0.15, 0.2) is 0 Å². The van der Waals surface area contributed by atoms with Crippen LogP contribution in [0.2, 0.25) is 0 Å². The Morgan fingerprint density at radius 3 is 2.55 bits per heavy atom. The van der Waals surface area contributed by atoms with E-state index < -0.39 is 10.0 Å². The van der Waals surface area contributed by atoms with Crippen LogP contribution < -0.4 is 0 Å². The minimum absolute atomic E-state index is 0.0594. The van der Waals surface area contributed by atoms with E-state index in [0.717, 1.165) is 25.8 Å². The van der Waals surface area contributed by atoms with E-state index in [0.29, 0.717) is 6.54 Å². The maximum atomic E-state index is 12.0. The lowest BCUT2D eigenvalue weighted by Gasteiger charge is -2.37. The molecule has 1 aliphatic heterocycles. The molecule has 2 rings (SSSR count). The predicted molar refractivity (Wildman–Crippen MR) is 88.2 cm³/mol. The lowest BCUT2D eigenvalue weighted by atomic mass is 9.89. The van der Waals surface area contributed by atoms with Crippen LogP contribution in [-0.2, 0) is 16.4 Å². The Balaban J connectivity index is 2.09. The fourth-order valence-electron chi connectivity index (χ4n) is 3.16. The topological polar surface area (TPSA) is 60.9 Å². The second-order valence-corrected chi connectivity index (χ2v) is 8.54. The first kappa shape index (κ1) is 17.4. The zero-order valence-corrected chi connectivity index (χ0v) is 14.2. The molecule has 1 atom stereocenters. The SMILES string of the molecule is CN(C)S(=O)(=O)CCN1CCCC1(CO)Cc1ccccc1. The fraction of sp³-hybridized carbons (Fsp3) is 0.625. The molecule has 1 fully saturated rings. The van der Waals surface area contributed by atoms with E-state index >= 15 is 0 Å². The molecule has 124 valence electrons. The maximum Gasteiger partial charge on any atom is 0.214 e. The molecule has 1 heterocycles. The van der Waals surface area contributed by atoms with Gasteiger partial charge in [-0.2, -0.15) is 0 Å². The summed E-state index contributed by atoms with van der Waals surface area (Å²) >= 11 is 0. The standard InChI is InChI=1S/C16H26N2O3S/c1-17(2)22(20,21)12-11-18-10-6-9-16(18,14-19)13-15-7-4-3-5-8-15/h3-5,7-8,19H,6,9-14H2,1-2H3. The number of nitrogens with zero attached hydrogens (tertiary/aromatic N) is 2. The van der Waals surface area contributed by atoms with Crippen LogP contribution >= 0.6 is 0 Å². The van der Waals surface area contributed by atoms with E-state index in [9.17, 15) is 13.5 Å². The molecule has 6 heteroatoms. The molecule has 0 aliphatic carbocycles. The largest absolute Gasteiger partial charge is 0.394 e. The third-order valence-electron chi connectivity index (χ3n) is 4.59. The smallest absolute Gasteiger partial charge is 0.214 e. The Labute approximate surface area is 133 Å². The average molecular weight is 326 g/mol. The van der Waals surface area contributed by atoms with Crippen LogP contribution in [0.4, 0.5) is 0 Å². The van der Waals surface area contributed by atoms with Crippen molar-refractivity contribution in [1.82, 2.24) is 9.21 Å². The fourth-order valence-corrected chi connectivity index (χ4v) is 3.98. The van der Waals surface area contributed by atoms with Gasteiger partial charge >= 0.3 is 0 Å². The first-order valence-electron chi connectivity index (χ1n) is 7.70. The van der Waals surface area contributed by atoms with Crippen LogP contribution in [0, 0.1) is 0 Å². The van der Waals surface area contributed by atoms with Crippen LogP contribution in [0.1, 0.15) is 18.4 Å². The summed E-state index contributed by atoms with van der Waals surface area (Å²) in [5.41, 5.74) is 0.849. The molecular weight excluding hydrogens is 300 g/mol. The van der Waals surface area contributed by atoms with Gasteiger partial charge in [-0.1, -0.05) is 30.3 Å². The molecule has 1 saturated heterocycles. The van der Waals surface area contributed by atoms with Crippen molar-refractivity contribution in [3.8, 4) is 0 Å². The highest BCUT2D eigenvalue weighted by molar-refractivity contribution is 7.89. The lowest BCUT2D eigenvalue weighted by molar-refractivity contribution is 0.0684. The first-order valence-corrected chi connectivity index (χ1v) is 9.31. The van der Waals surface area contributed by atoms with Gasteiger partial charge in [-0.3, -0.25) is 4.90 Å². The monoisotopic (exact) mass is 326 g/mol. The highest BCUT2D eigenvalue weighted by Crippen LogP contribution is 2.32. The van der Waals surface area contributed by atoms with Gasteiger partial charge < -0.3 is 5.11 Å². The minimum atomic E-state index is -3.21. The summed E-state index contributed by atoms with van der Waals surface area (Å²) in [5, 5.41) is 9.99. The molecule has 1 N–H and O–H groups in total. The Morgan fingerprint density at radius 1 is 1.27 bits per heavy atom. The molecule has 0 bridgehead atoms. The van der Waals surface area contributed by atoms with E-state index in [1.54, 1.807) is 14.1 Å². The van der Waals surface area contributed by atoms with Crippen molar-refractivity contribution >= 4 is 10.0 Å². The molecule has 0 radical (unpaired) electrons. The van der Waals surface area contributed by atoms with E-state index in [1.807, 2.05) is 18.2 Å². The van der Waals surface area contributed by atoms with Gasteiger partial charge in [-0.25, -0.2) is 12.7 Å². The zero-order valence-electron chi connectivity index (χ0n) is 13.4. The van der Waals surface area contributed by atoms with Gasteiger partial charge in [0.25, 0.3) is 0 Å². The summed E-state index contributed by atoms with van der Waals surface area (Å²) in [5.74, 6) is 0.0938. The molecule has 1 aromatic carbocycles. The number of likely N-dealkylation sites (tertiary alicyclic amines) is 1. The quantitative estimate of drug-likeness (QED) is 0.810. The van der Waals surface area contributed by atoms with E-state index in [2.05, 4.69) is 17.0 Å². The highest BCUT2D eigenvalue weighted by Gasteiger charge is 2.40. The summed E-state index contributed by atoms with van der Waals surface area (Å²) in [6, 6.07) is 10.1. The van der Waals surface area contributed by atoms with Gasteiger partial charge in [-0.15, -0.1) is 0 Å². The molecular formula is C16H26N2O3S. The molecule has 0 saturated carbocycles. The minimum Gasteiger partial charge on any atom is -0.394 e. The third-order valence-corrected chi connectivity index (χ3v) is 6.40. The molecule has 1 unspecified atom stereocenters. The van der Waals surface area contributed by atoms with Crippen LogP contribution in [0.25, 0.3) is 0 Å². The number of hydrogen-bond acceptors (Lipinski definition) is 4. The molecule has 1 aromatic rings. The van der Waals surface area contributed by atoms with Crippen molar-refractivity contribution in [2.45, 2.75) is 24.8 Å². The maximum absolute atomic E-state index is 12.0. The van der Waals surface area contributed by atoms with Crippen LogP contribution in [0.3, 0.4) is 0 Å². The Hall–Kier alpha value is -0.950. The number of sulfonamides is 1. The van der Waals surface area contributed by atoms with Crippen molar-refractivity contribution in [2.75, 3.05) is 39.5 Å². The van der Waals surface area contributed by atoms with Crippen LogP contribution in [0.5, 0.6) is 0 Å². The normalized spacial score (nSPS) is 23.3. The first-order chi connectivity index (χ1) is 10.4. The lowest BCUT2D eigenvalue weighted by Crippen LogP contribution is -2.50. The number of hydrogen-bond donors (Lipinski definition) is 1. The Kier molecular flexibility index (Phi) is 5.60. The van der Waals surface area contributed by atoms with Crippen LogP contribution in [0.15, 0.2) is 30.3 Å². The summed E-state index contributed by atoms with van der Waals surface area (Å²) in [7, 11) is -0.0907. The summed E-state index contributed by atoms with van der Waals surface area (Å²) in [6.45, 7) is 1.37. The van der Waals surface area contributed by atoms with Crippen molar-refractivity contribution in [3.63, 3.8) is 0 Å². The number of rotatable bonds is 7. The van der Waals surface area contributed by atoms with Crippen LogP contribution in [-0.4, -0.2) is 67.8 Å². The van der Waals surface area contributed by atoms with Gasteiger partial charge in [0.2, 0.25) is 10.0 Å². The van der Waals surface area contributed by atoms with E-state index in [-0.39, 0.29) is 17.9 Å². The van der Waals surface area contributed by atoms with E-state index in [1.165, 1.54) is 9.87 Å². The third kappa shape index (κ3) is 3.87. The second-order valence-electron chi connectivity index (χ2n) is 6.23.